The molecule has 8 heteroatoms. The van der Waals surface area contributed by atoms with Crippen LogP contribution in [0.15, 0.2) is 36.4 Å². The number of halogens is 3. The van der Waals surface area contributed by atoms with Gasteiger partial charge in [0.2, 0.25) is 0 Å². The number of amides is 1. The molecule has 27 heavy (non-hydrogen) atoms. The van der Waals surface area contributed by atoms with Crippen LogP contribution in [0.5, 0.6) is 0 Å². The Hall–Kier alpha value is -2.09. The van der Waals surface area contributed by atoms with E-state index in [9.17, 15) is 13.6 Å². The molecule has 0 aliphatic rings. The monoisotopic (exact) mass is 410 g/mol. The molecule has 3 rings (SSSR count). The lowest BCUT2D eigenvalue weighted by molar-refractivity contribution is -0.858. The standard InChI is InChI=1S/C19H18ClF2N3OS/c1-24(2)8-5-9-25(18(26)13-6-3-4-7-14(13)20)19-23-17-15(22)10-12(21)11-16(17)27-19/h3-4,6-7,10-11H,5,8-9H2,1-2H3/p+1. The second kappa shape index (κ2) is 8.29. The lowest BCUT2D eigenvalue weighted by Gasteiger charge is -2.20. The van der Waals surface area contributed by atoms with Crippen molar-refractivity contribution >= 4 is 44.2 Å². The first-order valence-electron chi connectivity index (χ1n) is 8.48. The summed E-state index contributed by atoms with van der Waals surface area (Å²) in [7, 11) is 4.05. The number of thiazole rings is 1. The number of hydrogen-bond acceptors (Lipinski definition) is 3. The number of aromatic nitrogens is 1. The summed E-state index contributed by atoms with van der Waals surface area (Å²) in [5.74, 6) is -1.72. The molecule has 3 aromatic rings. The van der Waals surface area contributed by atoms with E-state index < -0.39 is 11.6 Å². The van der Waals surface area contributed by atoms with Crippen molar-refractivity contribution in [3.63, 3.8) is 0 Å². The number of benzene rings is 2. The van der Waals surface area contributed by atoms with Crippen LogP contribution in [0.2, 0.25) is 5.02 Å². The van der Waals surface area contributed by atoms with Crippen LogP contribution in [0.1, 0.15) is 16.8 Å². The second-order valence-corrected chi connectivity index (χ2v) is 7.89. The Balaban J connectivity index is 2.00. The van der Waals surface area contributed by atoms with Crippen molar-refractivity contribution in [2.24, 2.45) is 0 Å². The van der Waals surface area contributed by atoms with Crippen LogP contribution in [0.3, 0.4) is 0 Å². The highest BCUT2D eigenvalue weighted by molar-refractivity contribution is 7.22. The Bertz CT molecular complexity index is 977. The summed E-state index contributed by atoms with van der Waals surface area (Å²) in [5.41, 5.74) is 0.411. The van der Waals surface area contributed by atoms with Gasteiger partial charge in [0.05, 0.1) is 35.9 Å². The van der Waals surface area contributed by atoms with Gasteiger partial charge in [-0.1, -0.05) is 35.1 Å². The van der Waals surface area contributed by atoms with Crippen LogP contribution in [-0.4, -0.2) is 38.1 Å². The Labute approximate surface area is 165 Å². The van der Waals surface area contributed by atoms with E-state index in [1.165, 1.54) is 15.9 Å². The van der Waals surface area contributed by atoms with E-state index in [1.54, 1.807) is 24.3 Å². The summed E-state index contributed by atoms with van der Waals surface area (Å²) in [5, 5.41) is 0.664. The van der Waals surface area contributed by atoms with Gasteiger partial charge < -0.3 is 4.90 Å². The second-order valence-electron chi connectivity index (χ2n) is 6.48. The zero-order chi connectivity index (χ0) is 19.6. The molecule has 0 atom stereocenters. The van der Waals surface area contributed by atoms with E-state index >= 15 is 0 Å². The smallest absolute Gasteiger partial charge is 0.261 e. The first-order chi connectivity index (χ1) is 12.9. The summed E-state index contributed by atoms with van der Waals surface area (Å²) in [6, 6.07) is 8.78. The molecule has 142 valence electrons. The molecule has 0 radical (unpaired) electrons. The third-order valence-corrected chi connectivity index (χ3v) is 5.40. The van der Waals surface area contributed by atoms with Crippen molar-refractivity contribution < 1.29 is 18.5 Å². The fourth-order valence-corrected chi connectivity index (χ4v) is 3.96. The largest absolute Gasteiger partial charge is 0.340 e. The Morgan fingerprint density at radius 2 is 2.00 bits per heavy atom. The van der Waals surface area contributed by atoms with Crippen LogP contribution in [0, 0.1) is 11.6 Å². The van der Waals surface area contributed by atoms with Crippen molar-refractivity contribution in [3.8, 4) is 0 Å². The van der Waals surface area contributed by atoms with Crippen molar-refractivity contribution in [3.05, 3.63) is 58.6 Å². The highest BCUT2D eigenvalue weighted by Crippen LogP contribution is 2.32. The number of nitrogens with zero attached hydrogens (tertiary/aromatic N) is 2. The van der Waals surface area contributed by atoms with E-state index in [2.05, 4.69) is 4.98 Å². The van der Waals surface area contributed by atoms with Crippen molar-refractivity contribution in [1.29, 1.82) is 0 Å². The summed E-state index contributed by atoms with van der Waals surface area (Å²) >= 11 is 7.27. The number of rotatable bonds is 6. The highest BCUT2D eigenvalue weighted by Gasteiger charge is 2.24. The molecule has 1 N–H and O–H groups in total. The van der Waals surface area contributed by atoms with Crippen LogP contribution < -0.4 is 9.80 Å². The Kier molecular flexibility index (Phi) is 6.04. The summed E-state index contributed by atoms with van der Waals surface area (Å²) in [4.78, 5) is 20.1. The SMILES string of the molecule is C[NH+](C)CCCN(C(=O)c1ccccc1Cl)c1nc2c(F)cc(F)cc2s1. The lowest BCUT2D eigenvalue weighted by atomic mass is 10.2. The van der Waals surface area contributed by atoms with Crippen LogP contribution in [0.4, 0.5) is 13.9 Å². The molecule has 0 saturated heterocycles. The van der Waals surface area contributed by atoms with Gasteiger partial charge in [-0.25, -0.2) is 13.8 Å². The molecule has 1 aromatic heterocycles. The Morgan fingerprint density at radius 3 is 2.70 bits per heavy atom. The number of hydrogen-bond donors (Lipinski definition) is 1. The summed E-state index contributed by atoms with van der Waals surface area (Å²) in [6.07, 6.45) is 0.727. The third-order valence-electron chi connectivity index (χ3n) is 4.04. The van der Waals surface area contributed by atoms with Crippen LogP contribution in [0.25, 0.3) is 10.2 Å². The maximum atomic E-state index is 14.0. The fourth-order valence-electron chi connectivity index (χ4n) is 2.72. The molecule has 0 fully saturated rings. The summed E-state index contributed by atoms with van der Waals surface area (Å²) < 4.78 is 27.9. The molecule has 2 aromatic carbocycles. The fraction of sp³-hybridized carbons (Fsp3) is 0.263. The van der Waals surface area contributed by atoms with Gasteiger partial charge >= 0.3 is 0 Å². The minimum Gasteiger partial charge on any atom is -0.340 e. The maximum absolute atomic E-state index is 14.0. The highest BCUT2D eigenvalue weighted by atomic mass is 35.5. The molecule has 0 saturated carbocycles. The van der Waals surface area contributed by atoms with Crippen LogP contribution >= 0.6 is 22.9 Å². The van der Waals surface area contributed by atoms with Gasteiger partial charge in [0, 0.05) is 19.0 Å². The van der Waals surface area contributed by atoms with Gasteiger partial charge in [-0.2, -0.15) is 0 Å². The van der Waals surface area contributed by atoms with Gasteiger partial charge in [-0.3, -0.25) is 9.69 Å². The molecule has 0 unspecified atom stereocenters. The van der Waals surface area contributed by atoms with Crippen molar-refractivity contribution in [2.75, 3.05) is 32.1 Å². The number of fused-ring (bicyclic) bond motifs is 1. The predicted octanol–water partition coefficient (Wildman–Crippen LogP) is 3.41. The molecule has 0 aliphatic carbocycles. The molecule has 1 heterocycles. The average molecular weight is 411 g/mol. The number of carbonyl (C=O) groups is 1. The third kappa shape index (κ3) is 4.43. The van der Waals surface area contributed by atoms with E-state index in [0.29, 0.717) is 27.0 Å². The Morgan fingerprint density at radius 1 is 1.26 bits per heavy atom. The molecular formula is C19H19ClF2N3OS+. The zero-order valence-electron chi connectivity index (χ0n) is 14.9. The zero-order valence-corrected chi connectivity index (χ0v) is 16.5. The lowest BCUT2D eigenvalue weighted by Crippen LogP contribution is -3.05. The van der Waals surface area contributed by atoms with Gasteiger partial charge in [0.25, 0.3) is 5.91 Å². The number of quaternary nitrogens is 1. The van der Waals surface area contributed by atoms with Gasteiger partial charge in [-0.15, -0.1) is 0 Å². The van der Waals surface area contributed by atoms with E-state index in [4.69, 9.17) is 11.6 Å². The maximum Gasteiger partial charge on any atom is 0.261 e. The molecular weight excluding hydrogens is 392 g/mol. The van der Waals surface area contributed by atoms with E-state index in [0.717, 1.165) is 30.4 Å². The predicted molar refractivity (Wildman–Crippen MR) is 105 cm³/mol. The first-order valence-corrected chi connectivity index (χ1v) is 9.67. The van der Waals surface area contributed by atoms with Gasteiger partial charge in [-0.05, 0) is 18.2 Å². The molecule has 1 amide bonds. The number of nitrogens with one attached hydrogen (secondary N) is 1. The minimum atomic E-state index is -0.740. The summed E-state index contributed by atoms with van der Waals surface area (Å²) in [6.45, 7) is 1.25. The molecule has 4 nitrogen and oxygen atoms in total. The molecule has 0 aliphatic heterocycles. The van der Waals surface area contributed by atoms with Crippen LogP contribution in [-0.2, 0) is 0 Å². The van der Waals surface area contributed by atoms with E-state index in [-0.39, 0.29) is 11.4 Å². The topological polar surface area (TPSA) is 37.6 Å². The van der Waals surface area contributed by atoms with Gasteiger partial charge in [0.1, 0.15) is 11.3 Å². The number of anilines is 1. The minimum absolute atomic E-state index is 0.0617. The normalized spacial score (nSPS) is 11.3. The molecule has 0 bridgehead atoms. The van der Waals surface area contributed by atoms with Gasteiger partial charge in [0.15, 0.2) is 10.9 Å². The van der Waals surface area contributed by atoms with E-state index in [1.807, 2.05) is 14.1 Å². The van der Waals surface area contributed by atoms with Crippen molar-refractivity contribution in [1.82, 2.24) is 4.98 Å². The molecule has 0 spiro atoms. The average Bonchev–Trinajstić information content (AvgIpc) is 3.02. The first kappa shape index (κ1) is 19.7. The quantitative estimate of drug-likeness (QED) is 0.676. The van der Waals surface area contributed by atoms with Crippen molar-refractivity contribution in [2.45, 2.75) is 6.42 Å². The number of carbonyl (C=O) groups excluding carboxylic acids is 1.